The van der Waals surface area contributed by atoms with E-state index in [1.807, 2.05) is 6.92 Å². The van der Waals surface area contributed by atoms with Crippen LogP contribution in [0.25, 0.3) is 0 Å². The Kier molecular flexibility index (Phi) is 1.83. The van der Waals surface area contributed by atoms with E-state index in [0.717, 1.165) is 0 Å². The van der Waals surface area contributed by atoms with Crippen LogP contribution in [-0.2, 0) is 9.53 Å². The molecule has 2 atom stereocenters. The number of hydrogen-bond donors (Lipinski definition) is 0. The van der Waals surface area contributed by atoms with Crippen molar-refractivity contribution in [2.24, 2.45) is 0 Å². The molecule has 1 aliphatic heterocycles. The quantitative estimate of drug-likeness (QED) is 0.478. The molecule has 0 amide bonds. The molecule has 1 rings (SSSR count). The van der Waals surface area contributed by atoms with Crippen molar-refractivity contribution in [1.82, 2.24) is 0 Å². The van der Waals surface area contributed by atoms with E-state index in [1.165, 1.54) is 0 Å². The van der Waals surface area contributed by atoms with Crippen LogP contribution in [0.3, 0.4) is 0 Å². The summed E-state index contributed by atoms with van der Waals surface area (Å²) >= 11 is -1.74. The van der Waals surface area contributed by atoms with Crippen LogP contribution >= 0.6 is 0 Å². The Morgan fingerprint density at radius 2 is 1.90 bits per heavy atom. The van der Waals surface area contributed by atoms with E-state index in [4.69, 9.17) is 4.74 Å². The number of carbonyl (C=O) groups is 1. The molecule has 0 unspecified atom stereocenters. The molecule has 3 heteroatoms. The molecule has 0 aromatic carbocycles. The normalized spacial score (nSPS) is 33.0. The van der Waals surface area contributed by atoms with Gasteiger partial charge in [0.05, 0.1) is 0 Å². The monoisotopic (exact) mass is 204 g/mol. The molecular formula is C7H14GeO2. The van der Waals surface area contributed by atoms with Gasteiger partial charge in [0, 0.05) is 0 Å². The van der Waals surface area contributed by atoms with E-state index < -0.39 is 13.3 Å². The Morgan fingerprint density at radius 3 is 2.00 bits per heavy atom. The van der Waals surface area contributed by atoms with Gasteiger partial charge >= 0.3 is 63.8 Å². The van der Waals surface area contributed by atoms with Crippen LogP contribution in [0, 0.1) is 0 Å². The van der Waals surface area contributed by atoms with Crippen molar-refractivity contribution in [3.63, 3.8) is 0 Å². The van der Waals surface area contributed by atoms with Crippen molar-refractivity contribution in [2.75, 3.05) is 0 Å². The molecule has 0 spiro atoms. The number of ether oxygens (including phenoxy) is 1. The van der Waals surface area contributed by atoms with Crippen molar-refractivity contribution in [2.45, 2.75) is 35.0 Å². The van der Waals surface area contributed by atoms with Crippen LogP contribution in [0.1, 0.15) is 6.92 Å². The second-order valence-electron chi connectivity index (χ2n) is 3.99. The fourth-order valence-corrected chi connectivity index (χ4v) is 6.23. The fourth-order valence-electron chi connectivity index (χ4n) is 1.50. The van der Waals surface area contributed by atoms with E-state index in [-0.39, 0.29) is 12.1 Å². The number of rotatable bonds is 1. The second kappa shape index (κ2) is 2.26. The molecule has 0 aliphatic carbocycles. The standard InChI is InChI=1S/C7H14GeO2/c1-5-6(7(9)10-5)8(2,3)4/h5-6H,1-4H3/t5-,6-/m0/s1. The third-order valence-electron chi connectivity index (χ3n) is 1.96. The van der Waals surface area contributed by atoms with Crippen LogP contribution < -0.4 is 0 Å². The summed E-state index contributed by atoms with van der Waals surface area (Å²) in [7, 11) is 0. The Balaban J connectivity index is 2.64. The summed E-state index contributed by atoms with van der Waals surface area (Å²) in [5, 5.41) is 0. The molecule has 0 N–H and O–H groups in total. The topological polar surface area (TPSA) is 26.3 Å². The molecule has 0 aromatic rings. The molecule has 1 saturated heterocycles. The third-order valence-corrected chi connectivity index (χ3v) is 7.35. The van der Waals surface area contributed by atoms with Crippen molar-refractivity contribution >= 4 is 19.2 Å². The van der Waals surface area contributed by atoms with Crippen LogP contribution in [0.2, 0.25) is 22.0 Å². The predicted molar refractivity (Wildman–Crippen MR) is 42.7 cm³/mol. The molecule has 58 valence electrons. The van der Waals surface area contributed by atoms with Gasteiger partial charge in [-0.1, -0.05) is 0 Å². The number of carbonyl (C=O) groups excluding carboxylic acids is 1. The maximum atomic E-state index is 10.9. The van der Waals surface area contributed by atoms with Crippen LogP contribution in [0.15, 0.2) is 0 Å². The van der Waals surface area contributed by atoms with Gasteiger partial charge in [0.2, 0.25) is 0 Å². The van der Waals surface area contributed by atoms with Crippen molar-refractivity contribution in [3.8, 4) is 0 Å². The first-order valence-electron chi connectivity index (χ1n) is 3.63. The maximum absolute atomic E-state index is 10.9. The summed E-state index contributed by atoms with van der Waals surface area (Å²) in [6.07, 6.45) is 0.201. The zero-order valence-electron chi connectivity index (χ0n) is 6.97. The predicted octanol–water partition coefficient (Wildman–Crippen LogP) is 1.64. The molecule has 0 aromatic heterocycles. The molecule has 2 nitrogen and oxygen atoms in total. The van der Waals surface area contributed by atoms with E-state index in [1.54, 1.807) is 0 Å². The molecule has 1 heterocycles. The van der Waals surface area contributed by atoms with E-state index >= 15 is 0 Å². The minimum atomic E-state index is -1.74. The van der Waals surface area contributed by atoms with Crippen LogP contribution in [0.5, 0.6) is 0 Å². The van der Waals surface area contributed by atoms with E-state index in [9.17, 15) is 4.79 Å². The molecule has 10 heavy (non-hydrogen) atoms. The number of hydrogen-bond acceptors (Lipinski definition) is 2. The Labute approximate surface area is 64.3 Å². The zero-order chi connectivity index (χ0) is 7.94. The average Bonchev–Trinajstić information content (AvgIpc) is 1.58. The van der Waals surface area contributed by atoms with Crippen LogP contribution in [-0.4, -0.2) is 25.3 Å². The molecule has 0 bridgehead atoms. The number of cyclic esters (lactones) is 1. The van der Waals surface area contributed by atoms with Crippen molar-refractivity contribution in [1.29, 1.82) is 0 Å². The van der Waals surface area contributed by atoms with Crippen molar-refractivity contribution < 1.29 is 9.53 Å². The first-order valence-corrected chi connectivity index (χ1v) is 11.1. The third kappa shape index (κ3) is 1.21. The summed E-state index contributed by atoms with van der Waals surface area (Å²) in [5.41, 5.74) is 0. The van der Waals surface area contributed by atoms with Gasteiger partial charge in [0.15, 0.2) is 0 Å². The molecule has 1 fully saturated rings. The van der Waals surface area contributed by atoms with Gasteiger partial charge in [-0.05, 0) is 0 Å². The minimum absolute atomic E-state index is 0.0417. The molecule has 1 aliphatic rings. The van der Waals surface area contributed by atoms with E-state index in [2.05, 4.69) is 17.3 Å². The first kappa shape index (κ1) is 8.11. The van der Waals surface area contributed by atoms with E-state index in [0.29, 0.717) is 4.75 Å². The summed E-state index contributed by atoms with van der Waals surface area (Å²) in [6.45, 7) is 1.99. The van der Waals surface area contributed by atoms with Crippen LogP contribution in [0.4, 0.5) is 0 Å². The SMILES string of the molecule is C[C@@H]1OC(=O)[C@H]1[Ge]([CH3])([CH3])[CH3]. The Morgan fingerprint density at radius 1 is 1.40 bits per heavy atom. The Hall–Kier alpha value is 0.0129. The fraction of sp³-hybridized carbons (Fsp3) is 0.857. The number of esters is 1. The van der Waals surface area contributed by atoms with Gasteiger partial charge in [-0.15, -0.1) is 0 Å². The van der Waals surface area contributed by atoms with Gasteiger partial charge in [-0.25, -0.2) is 0 Å². The van der Waals surface area contributed by atoms with Gasteiger partial charge in [0.1, 0.15) is 0 Å². The average molecular weight is 203 g/mol. The molecular weight excluding hydrogens is 189 g/mol. The van der Waals surface area contributed by atoms with Crippen molar-refractivity contribution in [3.05, 3.63) is 0 Å². The molecule has 0 radical (unpaired) electrons. The van der Waals surface area contributed by atoms with Gasteiger partial charge in [0.25, 0.3) is 0 Å². The summed E-state index contributed by atoms with van der Waals surface area (Å²) in [4.78, 5) is 10.9. The Bertz CT molecular complexity index is 159. The van der Waals surface area contributed by atoms with Gasteiger partial charge < -0.3 is 0 Å². The summed E-state index contributed by atoms with van der Waals surface area (Å²) < 4.78 is 5.18. The summed E-state index contributed by atoms with van der Waals surface area (Å²) in [6, 6.07) is 0. The first-order chi connectivity index (χ1) is 4.43. The molecule has 0 saturated carbocycles. The second-order valence-corrected chi connectivity index (χ2v) is 15.2. The van der Waals surface area contributed by atoms with Gasteiger partial charge in [-0.2, -0.15) is 0 Å². The summed E-state index contributed by atoms with van der Waals surface area (Å²) in [5.74, 6) is 6.80. The van der Waals surface area contributed by atoms with Gasteiger partial charge in [-0.3, -0.25) is 0 Å². The zero-order valence-corrected chi connectivity index (χ0v) is 9.07.